The van der Waals surface area contributed by atoms with Gasteiger partial charge in [-0.15, -0.1) is 0 Å². The van der Waals surface area contributed by atoms with Crippen molar-refractivity contribution in [2.24, 2.45) is 0 Å². The van der Waals surface area contributed by atoms with Crippen molar-refractivity contribution in [3.8, 4) is 0 Å². The lowest BCUT2D eigenvalue weighted by Gasteiger charge is -2.26. The summed E-state index contributed by atoms with van der Waals surface area (Å²) in [5.41, 5.74) is 0. The van der Waals surface area contributed by atoms with Crippen LogP contribution < -0.4 is 5.32 Å². The van der Waals surface area contributed by atoms with Gasteiger partial charge in [0.25, 0.3) is 0 Å². The number of aliphatic hydroxyl groups excluding tert-OH is 1. The lowest BCUT2D eigenvalue weighted by Crippen LogP contribution is -2.46. The lowest BCUT2D eigenvalue weighted by molar-refractivity contribution is -0.870. The number of unbranched alkanes of at least 4 members (excludes halogenated alkanes) is 64. The van der Waals surface area contributed by atoms with Crippen LogP contribution in [0.3, 0.4) is 0 Å². The van der Waals surface area contributed by atoms with E-state index in [4.69, 9.17) is 9.05 Å². The summed E-state index contributed by atoms with van der Waals surface area (Å²) in [5, 5.41) is 14.2. The zero-order valence-electron chi connectivity index (χ0n) is 60.8. The zero-order chi connectivity index (χ0) is 64.1. The second kappa shape index (κ2) is 70.8. The van der Waals surface area contributed by atoms with Gasteiger partial charge in [0, 0.05) is 6.42 Å². The normalized spacial score (nSPS) is 13.4. The highest BCUT2D eigenvalue weighted by Gasteiger charge is 2.28. The van der Waals surface area contributed by atoms with Crippen molar-refractivity contribution >= 4 is 13.7 Å². The van der Waals surface area contributed by atoms with E-state index in [2.05, 4.69) is 19.2 Å². The van der Waals surface area contributed by atoms with Gasteiger partial charge in [0.1, 0.15) is 13.2 Å². The van der Waals surface area contributed by atoms with E-state index < -0.39 is 20.0 Å². The minimum atomic E-state index is -4.33. The fraction of sp³-hybridized carbons (Fsp3) is 0.987. The van der Waals surface area contributed by atoms with Crippen LogP contribution >= 0.6 is 7.82 Å². The first kappa shape index (κ1) is 87.5. The SMILES string of the molecule is CCCCCCCCCCCCCCCCCCCCCCCCCCCCCCCCCCCCCCCC(=O)NC(COP(=O)(O)OCC[N+](C)(C)C)C(O)CCCCCCCCCCCCCCCCCCCCCCCCCCCCCCC. The number of nitrogens with one attached hydrogen (secondary N) is 1. The van der Waals surface area contributed by atoms with Crippen molar-refractivity contribution in [3.63, 3.8) is 0 Å². The van der Waals surface area contributed by atoms with Crippen molar-refractivity contribution in [3.05, 3.63) is 0 Å². The maximum absolute atomic E-state index is 13.1. The third kappa shape index (κ3) is 72.9. The van der Waals surface area contributed by atoms with Crippen LogP contribution in [0.4, 0.5) is 0 Å². The first-order valence-corrected chi connectivity index (χ1v) is 41.9. The van der Waals surface area contributed by atoms with Crippen molar-refractivity contribution < 1.29 is 32.9 Å². The van der Waals surface area contributed by atoms with Gasteiger partial charge in [0.05, 0.1) is 39.9 Å². The molecule has 0 saturated heterocycles. The molecule has 0 aliphatic carbocycles. The van der Waals surface area contributed by atoms with Crippen LogP contribution in [-0.2, 0) is 18.4 Å². The van der Waals surface area contributed by atoms with Crippen LogP contribution in [0.15, 0.2) is 0 Å². The predicted octanol–water partition coefficient (Wildman–Crippen LogP) is 26.2. The number of rotatable bonds is 77. The average Bonchev–Trinajstić information content (AvgIpc) is 3.70. The number of quaternary nitrogens is 1. The van der Waals surface area contributed by atoms with E-state index in [1.165, 1.54) is 385 Å². The van der Waals surface area contributed by atoms with Crippen LogP contribution in [0.1, 0.15) is 450 Å². The zero-order valence-corrected chi connectivity index (χ0v) is 61.7. The molecule has 3 atom stereocenters. The Balaban J connectivity index is 3.88. The molecule has 0 heterocycles. The number of carbonyl (C=O) groups is 1. The molecule has 1 amide bonds. The van der Waals surface area contributed by atoms with Crippen LogP contribution in [0.2, 0.25) is 0 Å². The highest BCUT2D eigenvalue weighted by molar-refractivity contribution is 7.47. The molecule has 0 aromatic rings. The fourth-order valence-electron chi connectivity index (χ4n) is 13.1. The summed E-state index contributed by atoms with van der Waals surface area (Å²) in [6.07, 6.45) is 91.2. The molecule has 0 saturated carbocycles. The van der Waals surface area contributed by atoms with E-state index in [1.807, 2.05) is 21.1 Å². The highest BCUT2D eigenvalue weighted by Crippen LogP contribution is 2.43. The molecule has 528 valence electrons. The van der Waals surface area contributed by atoms with Crippen LogP contribution in [0, 0.1) is 0 Å². The van der Waals surface area contributed by atoms with Gasteiger partial charge in [-0.05, 0) is 12.8 Å². The van der Waals surface area contributed by atoms with Gasteiger partial charge in [0.2, 0.25) is 5.91 Å². The lowest BCUT2D eigenvalue weighted by atomic mass is 10.0. The molecular formula is C79H162N2O6P+. The van der Waals surface area contributed by atoms with Gasteiger partial charge in [-0.3, -0.25) is 13.8 Å². The number of hydrogen-bond acceptors (Lipinski definition) is 5. The summed E-state index contributed by atoms with van der Waals surface area (Å²) < 4.78 is 24.0. The number of nitrogens with zero attached hydrogens (tertiary/aromatic N) is 1. The minimum absolute atomic E-state index is 0.0796. The molecule has 8 nitrogen and oxygen atoms in total. The number of phosphoric acid groups is 1. The molecule has 0 radical (unpaired) electrons. The number of likely N-dealkylation sites (N-methyl/N-ethyl adjacent to an activating group) is 1. The van der Waals surface area contributed by atoms with Gasteiger partial charge in [-0.25, -0.2) is 4.57 Å². The second-order valence-corrected chi connectivity index (χ2v) is 31.0. The van der Waals surface area contributed by atoms with Gasteiger partial charge in [-0.2, -0.15) is 0 Å². The summed E-state index contributed by atoms with van der Waals surface area (Å²) >= 11 is 0. The Labute approximate surface area is 552 Å². The molecule has 88 heavy (non-hydrogen) atoms. The highest BCUT2D eigenvalue weighted by atomic mass is 31.2. The number of carbonyl (C=O) groups excluding carboxylic acids is 1. The van der Waals surface area contributed by atoms with Crippen molar-refractivity contribution in [2.45, 2.75) is 463 Å². The standard InChI is InChI=1S/C79H161N2O6P/c1-6-8-10-12-14-16-18-20-22-24-26-28-30-32-34-36-37-38-39-40-41-42-43-45-47-49-51-53-55-57-59-61-63-65-67-69-71-73-79(83)80-77(76-87-88(84,85)86-75-74-81(3,4)5)78(82)72-70-68-66-64-62-60-58-56-54-52-50-48-46-44-35-33-31-29-27-25-23-21-19-17-15-13-11-9-7-2/h77-78,82H,6-76H2,1-5H3,(H-,80,83,84,85)/p+1. The summed E-state index contributed by atoms with van der Waals surface area (Å²) in [7, 11) is 1.65. The smallest absolute Gasteiger partial charge is 0.391 e. The van der Waals surface area contributed by atoms with Crippen molar-refractivity contribution in [1.82, 2.24) is 5.32 Å². The molecule has 0 aliphatic heterocycles. The Kier molecular flexibility index (Phi) is 70.4. The Morgan fingerprint density at radius 1 is 0.341 bits per heavy atom. The minimum Gasteiger partial charge on any atom is -0.391 e. The first-order valence-electron chi connectivity index (χ1n) is 40.4. The van der Waals surface area contributed by atoms with Crippen LogP contribution in [0.25, 0.3) is 0 Å². The predicted molar refractivity (Wildman–Crippen MR) is 388 cm³/mol. The molecule has 0 bridgehead atoms. The molecule has 3 unspecified atom stereocenters. The second-order valence-electron chi connectivity index (χ2n) is 29.5. The third-order valence-electron chi connectivity index (χ3n) is 19.4. The number of amides is 1. The molecular weight excluding hydrogens is 1100 g/mol. The Morgan fingerprint density at radius 2 is 0.545 bits per heavy atom. The summed E-state index contributed by atoms with van der Waals surface area (Å²) in [6.45, 7) is 4.98. The van der Waals surface area contributed by atoms with E-state index in [-0.39, 0.29) is 19.1 Å². The largest absolute Gasteiger partial charge is 0.472 e. The Morgan fingerprint density at radius 3 is 0.761 bits per heavy atom. The molecule has 0 aliphatic rings. The topological polar surface area (TPSA) is 105 Å². The molecule has 3 N–H and O–H groups in total. The molecule has 0 spiro atoms. The summed E-state index contributed by atoms with van der Waals surface area (Å²) in [5.74, 6) is -0.131. The van der Waals surface area contributed by atoms with E-state index in [1.54, 1.807) is 0 Å². The van der Waals surface area contributed by atoms with Crippen molar-refractivity contribution in [2.75, 3.05) is 40.9 Å². The van der Waals surface area contributed by atoms with E-state index in [0.29, 0.717) is 23.9 Å². The van der Waals surface area contributed by atoms with E-state index >= 15 is 0 Å². The number of aliphatic hydroxyl groups is 1. The van der Waals surface area contributed by atoms with Gasteiger partial charge in [-0.1, -0.05) is 431 Å². The summed E-state index contributed by atoms with van der Waals surface area (Å²) in [4.78, 5) is 23.5. The average molecular weight is 1270 g/mol. The maximum atomic E-state index is 13.1. The first-order chi connectivity index (χ1) is 43.0. The monoisotopic (exact) mass is 1270 g/mol. The number of hydrogen-bond donors (Lipinski definition) is 3. The molecule has 0 fully saturated rings. The molecule has 0 rings (SSSR count). The fourth-order valence-corrected chi connectivity index (χ4v) is 13.9. The Bertz CT molecular complexity index is 1390. The van der Waals surface area contributed by atoms with E-state index in [0.717, 1.165) is 38.5 Å². The van der Waals surface area contributed by atoms with Crippen LogP contribution in [-0.4, -0.2) is 73.4 Å². The molecule has 9 heteroatoms. The van der Waals surface area contributed by atoms with Crippen LogP contribution in [0.5, 0.6) is 0 Å². The summed E-state index contributed by atoms with van der Waals surface area (Å²) in [6, 6.07) is -0.758. The maximum Gasteiger partial charge on any atom is 0.472 e. The molecule has 0 aromatic carbocycles. The third-order valence-corrected chi connectivity index (χ3v) is 20.3. The van der Waals surface area contributed by atoms with Crippen molar-refractivity contribution in [1.29, 1.82) is 0 Å². The van der Waals surface area contributed by atoms with E-state index in [9.17, 15) is 19.4 Å². The van der Waals surface area contributed by atoms with Gasteiger partial charge in [0.15, 0.2) is 0 Å². The van der Waals surface area contributed by atoms with Gasteiger partial charge < -0.3 is 19.8 Å². The quantitative estimate of drug-likeness (QED) is 0.0318. The molecule has 0 aromatic heterocycles. The number of phosphoric ester groups is 1. The van der Waals surface area contributed by atoms with Gasteiger partial charge >= 0.3 is 7.82 Å². The Hall–Kier alpha value is -0.500.